The van der Waals surface area contributed by atoms with Crippen molar-refractivity contribution in [3.63, 3.8) is 0 Å². The van der Waals surface area contributed by atoms with E-state index in [1.807, 2.05) is 0 Å². The fourth-order valence-corrected chi connectivity index (χ4v) is 2.46. The van der Waals surface area contributed by atoms with Crippen molar-refractivity contribution in [1.82, 2.24) is 15.5 Å². The number of rotatable bonds is 4. The summed E-state index contributed by atoms with van der Waals surface area (Å²) in [6.45, 7) is 0.222. The predicted octanol–water partition coefficient (Wildman–Crippen LogP) is 1.73. The van der Waals surface area contributed by atoms with Gasteiger partial charge in [0.15, 0.2) is 6.10 Å². The molecule has 0 saturated carbocycles. The minimum Gasteiger partial charge on any atom is -0.479 e. The van der Waals surface area contributed by atoms with E-state index in [1.165, 1.54) is 24.3 Å². The van der Waals surface area contributed by atoms with E-state index in [4.69, 9.17) is 9.84 Å². The maximum Gasteiger partial charge on any atom is 0.471 e. The van der Waals surface area contributed by atoms with Crippen molar-refractivity contribution in [2.45, 2.75) is 24.7 Å². The maximum atomic E-state index is 12.5. The molecule has 2 N–H and O–H groups in total. The molecule has 0 radical (unpaired) electrons. The third-order valence-corrected chi connectivity index (χ3v) is 3.73. The zero-order chi connectivity index (χ0) is 18.9. The Labute approximate surface area is 143 Å². The van der Waals surface area contributed by atoms with E-state index in [0.717, 1.165) is 0 Å². The highest BCUT2D eigenvalue weighted by Crippen LogP contribution is 2.29. The number of aliphatic carboxylic acids is 1. The van der Waals surface area contributed by atoms with Gasteiger partial charge in [-0.1, -0.05) is 17.3 Å². The standard InChI is InChI=1S/C15H12F3N3O5/c16-15(17,18)14-20-11(21-26-14)7-1-3-8(4-2-7)12(22)19-9-5-6-25-10(9)13(23)24/h1-4,9-10H,5-6H2,(H,19,22)(H,23,24)/t9-,10+/m0/s1. The molecule has 1 aliphatic rings. The zero-order valence-electron chi connectivity index (χ0n) is 13.0. The van der Waals surface area contributed by atoms with Crippen molar-refractivity contribution in [2.24, 2.45) is 0 Å². The number of carbonyl (C=O) groups is 2. The first kappa shape index (κ1) is 17.9. The van der Waals surface area contributed by atoms with Crippen molar-refractivity contribution in [3.05, 3.63) is 35.7 Å². The smallest absolute Gasteiger partial charge is 0.471 e. The Bertz CT molecular complexity index is 819. The lowest BCUT2D eigenvalue weighted by atomic mass is 10.1. The van der Waals surface area contributed by atoms with Crippen LogP contribution in [0.5, 0.6) is 0 Å². The Hall–Kier alpha value is -2.95. The summed E-state index contributed by atoms with van der Waals surface area (Å²) < 4.78 is 46.6. The van der Waals surface area contributed by atoms with Gasteiger partial charge >= 0.3 is 18.0 Å². The molecule has 3 rings (SSSR count). The quantitative estimate of drug-likeness (QED) is 0.841. The van der Waals surface area contributed by atoms with Gasteiger partial charge in [0, 0.05) is 17.7 Å². The van der Waals surface area contributed by atoms with Crippen LogP contribution in [0.3, 0.4) is 0 Å². The van der Waals surface area contributed by atoms with Crippen molar-refractivity contribution in [3.8, 4) is 11.4 Å². The fourth-order valence-electron chi connectivity index (χ4n) is 2.46. The Balaban J connectivity index is 1.70. The average Bonchev–Trinajstić information content (AvgIpc) is 3.24. The second-order valence-electron chi connectivity index (χ2n) is 5.50. The molecule has 2 heterocycles. The lowest BCUT2D eigenvalue weighted by molar-refractivity contribution is -0.159. The second kappa shape index (κ2) is 6.75. The number of carbonyl (C=O) groups excluding carboxylic acids is 1. The molecule has 0 spiro atoms. The molecule has 8 nitrogen and oxygen atoms in total. The van der Waals surface area contributed by atoms with Gasteiger partial charge in [0.1, 0.15) is 0 Å². The maximum absolute atomic E-state index is 12.5. The van der Waals surface area contributed by atoms with E-state index in [9.17, 15) is 22.8 Å². The van der Waals surface area contributed by atoms with Gasteiger partial charge in [0.2, 0.25) is 5.82 Å². The number of halogens is 3. The summed E-state index contributed by atoms with van der Waals surface area (Å²) in [5, 5.41) is 14.8. The SMILES string of the molecule is O=C(N[C@H]1CCO[C@H]1C(=O)O)c1ccc(-c2noc(C(F)(F)F)n2)cc1. The third-order valence-electron chi connectivity index (χ3n) is 3.73. The molecule has 1 fully saturated rings. The third kappa shape index (κ3) is 3.67. The molecule has 1 aliphatic heterocycles. The van der Waals surface area contributed by atoms with Gasteiger partial charge < -0.3 is 19.7 Å². The normalized spacial score (nSPS) is 20.1. The van der Waals surface area contributed by atoms with Crippen LogP contribution in [-0.4, -0.2) is 45.9 Å². The highest BCUT2D eigenvalue weighted by atomic mass is 19.4. The van der Waals surface area contributed by atoms with Crippen LogP contribution < -0.4 is 5.32 Å². The van der Waals surface area contributed by atoms with Crippen LogP contribution in [0.15, 0.2) is 28.8 Å². The molecular weight excluding hydrogens is 359 g/mol. The van der Waals surface area contributed by atoms with Crippen LogP contribution in [0.2, 0.25) is 0 Å². The number of carboxylic acid groups (broad SMARTS) is 1. The minimum absolute atomic E-state index is 0.198. The Morgan fingerprint density at radius 1 is 1.23 bits per heavy atom. The molecule has 2 atom stereocenters. The molecule has 1 amide bonds. The first-order chi connectivity index (χ1) is 12.3. The number of benzene rings is 1. The van der Waals surface area contributed by atoms with E-state index < -0.39 is 36.1 Å². The van der Waals surface area contributed by atoms with Crippen molar-refractivity contribution in [1.29, 1.82) is 0 Å². The van der Waals surface area contributed by atoms with Crippen LogP contribution >= 0.6 is 0 Å². The van der Waals surface area contributed by atoms with Crippen LogP contribution in [0, 0.1) is 0 Å². The summed E-state index contributed by atoms with van der Waals surface area (Å²) in [7, 11) is 0. The minimum atomic E-state index is -4.74. The highest BCUT2D eigenvalue weighted by Gasteiger charge is 2.38. The molecule has 1 aromatic heterocycles. The molecule has 11 heteroatoms. The molecule has 0 unspecified atom stereocenters. The number of ether oxygens (including phenoxy) is 1. The number of carboxylic acids is 1. The topological polar surface area (TPSA) is 115 Å². The van der Waals surface area contributed by atoms with Crippen LogP contribution in [0.25, 0.3) is 11.4 Å². The van der Waals surface area contributed by atoms with Gasteiger partial charge in [-0.15, -0.1) is 0 Å². The van der Waals surface area contributed by atoms with Crippen LogP contribution in [-0.2, 0) is 15.7 Å². The zero-order valence-corrected chi connectivity index (χ0v) is 13.0. The van der Waals surface area contributed by atoms with Gasteiger partial charge in [-0.3, -0.25) is 4.79 Å². The van der Waals surface area contributed by atoms with E-state index in [0.29, 0.717) is 6.42 Å². The monoisotopic (exact) mass is 371 g/mol. The van der Waals surface area contributed by atoms with Gasteiger partial charge in [-0.2, -0.15) is 18.2 Å². The van der Waals surface area contributed by atoms with Crippen molar-refractivity contribution in [2.75, 3.05) is 6.61 Å². The molecule has 0 aliphatic carbocycles. The second-order valence-corrected chi connectivity index (χ2v) is 5.50. The molecule has 2 aromatic rings. The number of amides is 1. The summed E-state index contributed by atoms with van der Waals surface area (Å²) in [6.07, 6.45) is -5.49. The predicted molar refractivity (Wildman–Crippen MR) is 78.0 cm³/mol. The van der Waals surface area contributed by atoms with Gasteiger partial charge in [0.05, 0.1) is 6.04 Å². The molecule has 1 saturated heterocycles. The number of aromatic nitrogens is 2. The van der Waals surface area contributed by atoms with Crippen LogP contribution in [0.4, 0.5) is 13.2 Å². The summed E-state index contributed by atoms with van der Waals surface area (Å²) >= 11 is 0. The fraction of sp³-hybridized carbons (Fsp3) is 0.333. The Kier molecular flexibility index (Phi) is 4.64. The highest BCUT2D eigenvalue weighted by molar-refractivity contribution is 5.95. The lowest BCUT2D eigenvalue weighted by Crippen LogP contribution is -2.44. The number of alkyl halides is 3. The van der Waals surface area contributed by atoms with Gasteiger partial charge in [-0.25, -0.2) is 4.79 Å². The molecular formula is C15H12F3N3O5. The number of hydrogen-bond acceptors (Lipinski definition) is 6. The number of hydrogen-bond donors (Lipinski definition) is 2. The first-order valence-corrected chi connectivity index (χ1v) is 7.42. The van der Waals surface area contributed by atoms with E-state index in [2.05, 4.69) is 20.0 Å². The van der Waals surface area contributed by atoms with E-state index in [1.54, 1.807) is 0 Å². The number of nitrogens with one attached hydrogen (secondary N) is 1. The Morgan fingerprint density at radius 3 is 2.50 bits per heavy atom. The largest absolute Gasteiger partial charge is 0.479 e. The van der Waals surface area contributed by atoms with Gasteiger partial charge in [0.25, 0.3) is 5.91 Å². The molecule has 1 aromatic carbocycles. The summed E-state index contributed by atoms with van der Waals surface area (Å²) in [4.78, 5) is 26.5. The van der Waals surface area contributed by atoms with E-state index >= 15 is 0 Å². The average molecular weight is 371 g/mol. The summed E-state index contributed by atoms with van der Waals surface area (Å²) in [5.41, 5.74) is 0.428. The lowest BCUT2D eigenvalue weighted by Gasteiger charge is -2.16. The summed E-state index contributed by atoms with van der Waals surface area (Å²) in [6, 6.07) is 4.78. The Morgan fingerprint density at radius 2 is 1.92 bits per heavy atom. The summed E-state index contributed by atoms with van der Waals surface area (Å²) in [5.74, 6) is -3.42. The molecule has 26 heavy (non-hydrogen) atoms. The van der Waals surface area contributed by atoms with Crippen molar-refractivity contribution >= 4 is 11.9 Å². The van der Waals surface area contributed by atoms with E-state index in [-0.39, 0.29) is 23.6 Å². The first-order valence-electron chi connectivity index (χ1n) is 7.42. The molecule has 0 bridgehead atoms. The number of nitrogens with zero attached hydrogens (tertiary/aromatic N) is 2. The van der Waals surface area contributed by atoms with Crippen LogP contribution in [0.1, 0.15) is 22.7 Å². The molecule has 138 valence electrons. The van der Waals surface area contributed by atoms with Crippen molar-refractivity contribution < 1.29 is 37.1 Å². The van der Waals surface area contributed by atoms with Gasteiger partial charge in [-0.05, 0) is 18.6 Å².